The molecule has 0 radical (unpaired) electrons. The normalized spacial score (nSPS) is 12.1. The van der Waals surface area contributed by atoms with Gasteiger partial charge in [0.2, 0.25) is 5.78 Å². The predicted octanol–water partition coefficient (Wildman–Crippen LogP) is 4.62. The highest BCUT2D eigenvalue weighted by atomic mass is 79.9. The summed E-state index contributed by atoms with van der Waals surface area (Å²) in [6.45, 7) is 0. The van der Waals surface area contributed by atoms with Crippen molar-refractivity contribution in [3.63, 3.8) is 0 Å². The molecule has 25 heavy (non-hydrogen) atoms. The van der Waals surface area contributed by atoms with Crippen LogP contribution < -0.4 is 4.74 Å². The van der Waals surface area contributed by atoms with Crippen LogP contribution in [0.25, 0.3) is 6.08 Å². The molecule has 132 valence electrons. The van der Waals surface area contributed by atoms with Crippen LogP contribution in [0.2, 0.25) is 0 Å². The van der Waals surface area contributed by atoms with Crippen LogP contribution in [0.3, 0.4) is 0 Å². The van der Waals surface area contributed by atoms with Gasteiger partial charge in [-0.3, -0.25) is 9.59 Å². The highest BCUT2D eigenvalue weighted by Gasteiger charge is 2.43. The van der Waals surface area contributed by atoms with Gasteiger partial charge < -0.3 is 9.84 Å². The molecule has 0 aliphatic rings. The molecule has 1 N–H and O–H groups in total. The number of carbonyl (C=O) groups is 2. The molecule has 2 rings (SSSR count). The van der Waals surface area contributed by atoms with Gasteiger partial charge in [0.05, 0.1) is 22.0 Å². The highest BCUT2D eigenvalue weighted by molar-refractivity contribution is 9.10. The van der Waals surface area contributed by atoms with Crippen LogP contribution >= 0.6 is 27.3 Å². The first-order chi connectivity index (χ1) is 11.6. The van der Waals surface area contributed by atoms with Crippen LogP contribution in [0, 0.1) is 0 Å². The summed E-state index contributed by atoms with van der Waals surface area (Å²) in [7, 11) is 1.26. The lowest BCUT2D eigenvalue weighted by atomic mass is 10.0. The Morgan fingerprint density at radius 1 is 1.32 bits per heavy atom. The van der Waals surface area contributed by atoms with Crippen molar-refractivity contribution in [2.24, 2.45) is 0 Å². The van der Waals surface area contributed by atoms with Crippen molar-refractivity contribution >= 4 is 44.9 Å². The minimum Gasteiger partial charge on any atom is -0.503 e. The molecule has 1 aromatic heterocycles. The van der Waals surface area contributed by atoms with Crippen molar-refractivity contribution in [2.75, 3.05) is 7.11 Å². The summed E-state index contributed by atoms with van der Waals surface area (Å²) < 4.78 is 43.7. The second kappa shape index (κ2) is 7.40. The molecule has 0 bridgehead atoms. The predicted molar refractivity (Wildman–Crippen MR) is 90.0 cm³/mol. The third kappa shape index (κ3) is 4.29. The van der Waals surface area contributed by atoms with Crippen molar-refractivity contribution in [3.05, 3.63) is 50.1 Å². The van der Waals surface area contributed by atoms with Gasteiger partial charge in [-0.05, 0) is 51.1 Å². The van der Waals surface area contributed by atoms with E-state index in [0.717, 1.165) is 17.4 Å². The number of methoxy groups -OCH3 is 1. The number of phenols is 1. The Morgan fingerprint density at radius 3 is 2.52 bits per heavy atom. The van der Waals surface area contributed by atoms with E-state index in [0.29, 0.717) is 0 Å². The monoisotopic (exact) mass is 434 g/mol. The molecular formula is C16H10BrF3O4S. The van der Waals surface area contributed by atoms with E-state index >= 15 is 0 Å². The number of halogens is 4. The number of ether oxygens (including phenoxy) is 1. The highest BCUT2D eigenvalue weighted by Crippen LogP contribution is 2.36. The third-order valence-corrected chi connectivity index (χ3v) is 4.55. The molecular weight excluding hydrogens is 425 g/mol. The molecule has 1 aromatic carbocycles. The van der Waals surface area contributed by atoms with E-state index < -0.39 is 23.3 Å². The number of aromatic hydroxyl groups is 1. The van der Waals surface area contributed by atoms with E-state index in [1.54, 1.807) is 0 Å². The van der Waals surface area contributed by atoms with E-state index in [-0.39, 0.29) is 26.4 Å². The molecule has 0 spiro atoms. The van der Waals surface area contributed by atoms with E-state index in [4.69, 9.17) is 4.74 Å². The summed E-state index contributed by atoms with van der Waals surface area (Å²) in [6.07, 6.45) is -4.37. The second-order valence-corrected chi connectivity index (χ2v) is 6.55. The summed E-state index contributed by atoms with van der Waals surface area (Å²) in [6, 6.07) is 5.31. The summed E-state index contributed by atoms with van der Waals surface area (Å²) in [5.41, 5.74) is -0.936. The maximum atomic E-state index is 12.9. The third-order valence-electron chi connectivity index (χ3n) is 3.07. The molecule has 0 unspecified atom stereocenters. The molecule has 0 amide bonds. The van der Waals surface area contributed by atoms with Gasteiger partial charge in [0.15, 0.2) is 11.5 Å². The van der Waals surface area contributed by atoms with Crippen molar-refractivity contribution in [1.82, 2.24) is 0 Å². The van der Waals surface area contributed by atoms with Crippen LogP contribution in [0.15, 0.2) is 39.7 Å². The number of allylic oxidation sites excluding steroid dienone is 1. The largest absolute Gasteiger partial charge is 0.503 e. The number of ketones is 2. The number of alkyl halides is 3. The SMILES string of the molecule is COc1cc(/C=C(\C(=O)c2cccs2)C(=O)C(F)(F)F)cc(Br)c1O. The smallest absolute Gasteiger partial charge is 0.455 e. The Morgan fingerprint density at radius 2 is 2.00 bits per heavy atom. The maximum absolute atomic E-state index is 12.9. The summed E-state index contributed by atoms with van der Waals surface area (Å²) >= 11 is 3.96. The van der Waals surface area contributed by atoms with Gasteiger partial charge in [-0.1, -0.05) is 6.07 Å². The number of benzene rings is 1. The number of rotatable bonds is 5. The minimum absolute atomic E-state index is 0.00802. The first-order valence-corrected chi connectivity index (χ1v) is 8.30. The Balaban J connectivity index is 2.59. The number of hydrogen-bond donors (Lipinski definition) is 1. The van der Waals surface area contributed by atoms with Gasteiger partial charge in [0, 0.05) is 0 Å². The Bertz CT molecular complexity index is 842. The zero-order valence-electron chi connectivity index (χ0n) is 12.6. The van der Waals surface area contributed by atoms with Gasteiger partial charge in [-0.2, -0.15) is 13.2 Å². The van der Waals surface area contributed by atoms with Crippen LogP contribution in [0.1, 0.15) is 15.2 Å². The number of hydrogen-bond acceptors (Lipinski definition) is 5. The van der Waals surface area contributed by atoms with E-state index in [2.05, 4.69) is 15.9 Å². The van der Waals surface area contributed by atoms with E-state index in [9.17, 15) is 27.9 Å². The second-order valence-electron chi connectivity index (χ2n) is 4.74. The standard InChI is InChI=1S/C16H10BrF3O4S/c1-24-11-7-8(6-10(17)14(11)22)5-9(15(23)16(18,19)20)13(21)12-3-2-4-25-12/h2-7,22H,1H3/b9-5+. The number of carbonyl (C=O) groups excluding carboxylic acids is 2. The van der Waals surface area contributed by atoms with Gasteiger partial charge in [-0.15, -0.1) is 11.3 Å². The van der Waals surface area contributed by atoms with Crippen molar-refractivity contribution in [3.8, 4) is 11.5 Å². The summed E-state index contributed by atoms with van der Waals surface area (Å²) in [4.78, 5) is 24.1. The summed E-state index contributed by atoms with van der Waals surface area (Å²) in [5.74, 6) is -3.55. The summed E-state index contributed by atoms with van der Waals surface area (Å²) in [5, 5.41) is 11.3. The number of thiophene rings is 1. The Kier molecular flexibility index (Phi) is 5.69. The molecule has 2 aromatic rings. The zero-order valence-corrected chi connectivity index (χ0v) is 15.0. The molecule has 0 aliphatic carbocycles. The lowest BCUT2D eigenvalue weighted by Crippen LogP contribution is -2.28. The van der Waals surface area contributed by atoms with Crippen LogP contribution in [-0.4, -0.2) is 30.0 Å². The fourth-order valence-electron chi connectivity index (χ4n) is 1.93. The fourth-order valence-corrected chi connectivity index (χ4v) is 3.06. The van der Waals surface area contributed by atoms with Gasteiger partial charge in [-0.25, -0.2) is 0 Å². The van der Waals surface area contributed by atoms with Gasteiger partial charge in [0.25, 0.3) is 5.78 Å². The quantitative estimate of drug-likeness (QED) is 0.322. The average Bonchev–Trinajstić information content (AvgIpc) is 3.08. The molecule has 0 saturated heterocycles. The first-order valence-electron chi connectivity index (χ1n) is 6.63. The molecule has 4 nitrogen and oxygen atoms in total. The van der Waals surface area contributed by atoms with Gasteiger partial charge in [0.1, 0.15) is 0 Å². The lowest BCUT2D eigenvalue weighted by molar-refractivity contribution is -0.166. The van der Waals surface area contributed by atoms with E-state index in [1.807, 2.05) is 0 Å². The van der Waals surface area contributed by atoms with Crippen molar-refractivity contribution in [2.45, 2.75) is 6.18 Å². The zero-order chi connectivity index (χ0) is 18.8. The Labute approximate surface area is 152 Å². The lowest BCUT2D eigenvalue weighted by Gasteiger charge is -2.10. The van der Waals surface area contributed by atoms with Crippen molar-refractivity contribution < 1.29 is 32.6 Å². The molecule has 0 saturated carbocycles. The van der Waals surface area contributed by atoms with Crippen molar-refractivity contribution in [1.29, 1.82) is 0 Å². The number of phenolic OH excluding ortho intramolecular Hbond substituents is 1. The minimum atomic E-state index is -5.20. The van der Waals surface area contributed by atoms with Crippen LogP contribution in [0.5, 0.6) is 11.5 Å². The molecule has 1 heterocycles. The van der Waals surface area contributed by atoms with Gasteiger partial charge >= 0.3 is 6.18 Å². The number of Topliss-reactive ketones (excluding diaryl/α,β-unsaturated/α-hetero) is 2. The maximum Gasteiger partial charge on any atom is 0.455 e. The first kappa shape index (κ1) is 19.2. The average molecular weight is 435 g/mol. The van der Waals surface area contributed by atoms with Crippen LogP contribution in [-0.2, 0) is 4.79 Å². The molecule has 0 fully saturated rings. The molecule has 0 atom stereocenters. The van der Waals surface area contributed by atoms with E-state index in [1.165, 1.54) is 36.8 Å². The Hall–Kier alpha value is -2.13. The topological polar surface area (TPSA) is 63.6 Å². The van der Waals surface area contributed by atoms with Crippen LogP contribution in [0.4, 0.5) is 13.2 Å². The fraction of sp³-hybridized carbons (Fsp3) is 0.125. The molecule has 9 heteroatoms. The molecule has 0 aliphatic heterocycles.